The molecule has 0 bridgehead atoms. The second kappa shape index (κ2) is 25.5. The van der Waals surface area contributed by atoms with E-state index in [0.717, 1.165) is 161 Å². The van der Waals surface area contributed by atoms with Crippen molar-refractivity contribution in [2.24, 2.45) is 0 Å². The molecule has 0 amide bonds. The number of benzene rings is 17. The molecule has 10 nitrogen and oxygen atoms in total. The van der Waals surface area contributed by atoms with Crippen molar-refractivity contribution in [1.82, 2.24) is 42.4 Å². The van der Waals surface area contributed by atoms with Crippen LogP contribution in [-0.4, -0.2) is 42.4 Å². The Kier molecular flexibility index (Phi) is 14.3. The van der Waals surface area contributed by atoms with Crippen LogP contribution < -0.4 is 0 Å². The minimum absolute atomic E-state index is 0.511. The molecule has 0 aliphatic heterocycles. The first-order valence-electron chi connectivity index (χ1n) is 39.3. The number of rotatable bonds is 11. The standard InChI is InChI=1S/C106H64N10/c107-65-66-43-45-67(46-44-66)70-47-54-101(116-102-57-51-74(113-95-39-19-11-31-80(95)81-32-12-20-40-96(81)113)63-89(102)90-64-75(52-58-103(90)116)114-97-41-21-13-33-82(97)83-34-14-22-42-98(83)114)86(59-70)85-60-71(48-53-84(85)106-109-104(68-23-3-1-4-24-68)108-105(110-106)69-25-5-2-6-26-69)115-99-55-49-72(111-91-35-15-7-27-76(91)77-28-8-16-36-92(77)111)61-87(99)88-62-73(50-56-100(88)115)112-93-37-17-9-29-78(93)79-30-10-18-38-94(79)112/h1-64H. The van der Waals surface area contributed by atoms with Crippen molar-refractivity contribution in [2.75, 3.05) is 0 Å². The topological polar surface area (TPSA) is 92.0 Å². The van der Waals surface area contributed by atoms with Gasteiger partial charge < -0.3 is 27.4 Å². The maximum Gasteiger partial charge on any atom is 0.164 e. The zero-order valence-corrected chi connectivity index (χ0v) is 62.4. The lowest BCUT2D eigenvalue weighted by Gasteiger charge is -2.20. The molecule has 24 rings (SSSR count). The fourth-order valence-corrected chi connectivity index (χ4v) is 18.8. The summed E-state index contributed by atoms with van der Waals surface area (Å²) in [5.74, 6) is 1.62. The number of nitriles is 1. The van der Waals surface area contributed by atoms with Crippen LogP contribution in [0.2, 0.25) is 0 Å². The number of fused-ring (bicyclic) bond motifs is 18. The molecule has 7 aromatic heterocycles. The lowest BCUT2D eigenvalue weighted by Crippen LogP contribution is -2.04. The molecule has 7 heterocycles. The van der Waals surface area contributed by atoms with E-state index in [9.17, 15) is 5.26 Å². The van der Waals surface area contributed by atoms with Crippen molar-refractivity contribution in [3.05, 3.63) is 394 Å². The first-order chi connectivity index (χ1) is 57.5. The summed E-state index contributed by atoms with van der Waals surface area (Å²) < 4.78 is 14.6. The summed E-state index contributed by atoms with van der Waals surface area (Å²) in [6.45, 7) is 0. The summed E-state index contributed by atoms with van der Waals surface area (Å²) in [5.41, 5.74) is 26.2. The van der Waals surface area contributed by atoms with Crippen LogP contribution in [-0.2, 0) is 0 Å². The molecule has 0 saturated carbocycles. The highest BCUT2D eigenvalue weighted by molar-refractivity contribution is 6.17. The van der Waals surface area contributed by atoms with Gasteiger partial charge in [-0.2, -0.15) is 5.26 Å². The van der Waals surface area contributed by atoms with Gasteiger partial charge in [0, 0.05) is 115 Å². The van der Waals surface area contributed by atoms with Gasteiger partial charge in [-0.3, -0.25) is 0 Å². The van der Waals surface area contributed by atoms with Crippen LogP contribution in [0.3, 0.4) is 0 Å². The van der Waals surface area contributed by atoms with Crippen LogP contribution in [0.5, 0.6) is 0 Å². The molecule has 538 valence electrons. The molecule has 0 aliphatic carbocycles. The molecule has 0 radical (unpaired) electrons. The van der Waals surface area contributed by atoms with Gasteiger partial charge in [0.25, 0.3) is 0 Å². The summed E-state index contributed by atoms with van der Waals surface area (Å²) >= 11 is 0. The first kappa shape index (κ1) is 64.8. The average molecular weight is 1480 g/mol. The van der Waals surface area contributed by atoms with E-state index < -0.39 is 0 Å². The van der Waals surface area contributed by atoms with Gasteiger partial charge in [0.05, 0.1) is 83.5 Å². The van der Waals surface area contributed by atoms with E-state index in [1.54, 1.807) is 0 Å². The van der Waals surface area contributed by atoms with Crippen molar-refractivity contribution in [3.8, 4) is 96.6 Å². The van der Waals surface area contributed by atoms with E-state index in [2.05, 4.69) is 373 Å². The Labute approximate surface area is 664 Å². The number of hydrogen-bond donors (Lipinski definition) is 0. The molecule has 10 heteroatoms. The Balaban J connectivity index is 0.812. The Morgan fingerprint density at radius 2 is 0.457 bits per heavy atom. The van der Waals surface area contributed by atoms with Gasteiger partial charge in [0.1, 0.15) is 0 Å². The van der Waals surface area contributed by atoms with Crippen LogP contribution in [0.1, 0.15) is 5.56 Å². The lowest BCUT2D eigenvalue weighted by molar-refractivity contribution is 1.07. The largest absolute Gasteiger partial charge is 0.309 e. The maximum absolute atomic E-state index is 10.3. The summed E-state index contributed by atoms with van der Waals surface area (Å²) in [7, 11) is 0. The Morgan fingerprint density at radius 1 is 0.181 bits per heavy atom. The summed E-state index contributed by atoms with van der Waals surface area (Å²) in [4.78, 5) is 16.5. The minimum Gasteiger partial charge on any atom is -0.309 e. The highest BCUT2D eigenvalue weighted by Gasteiger charge is 2.27. The fourth-order valence-electron chi connectivity index (χ4n) is 18.8. The van der Waals surface area contributed by atoms with Crippen LogP contribution in [0.4, 0.5) is 0 Å². The predicted octanol–water partition coefficient (Wildman–Crippen LogP) is 26.7. The molecular formula is C106H64N10. The molecule has 0 saturated heterocycles. The monoisotopic (exact) mass is 1480 g/mol. The van der Waals surface area contributed by atoms with Gasteiger partial charge in [-0.25, -0.2) is 15.0 Å². The average Bonchev–Trinajstić information content (AvgIpc) is 1.41. The van der Waals surface area contributed by atoms with Crippen LogP contribution in [0.25, 0.3) is 221 Å². The van der Waals surface area contributed by atoms with E-state index in [4.69, 9.17) is 15.0 Å². The van der Waals surface area contributed by atoms with Crippen molar-refractivity contribution in [2.45, 2.75) is 0 Å². The molecule has 0 spiro atoms. The Morgan fingerprint density at radius 3 is 0.793 bits per heavy atom. The summed E-state index contributed by atoms with van der Waals surface area (Å²) in [6, 6.07) is 143. The first-order valence-corrected chi connectivity index (χ1v) is 39.3. The maximum atomic E-state index is 10.3. The molecule has 0 atom stereocenters. The SMILES string of the molecule is N#Cc1ccc(-c2ccc(-n3c4ccc(-n5c6ccccc6c6ccccc65)cc4c4cc(-n5c6ccccc6c6ccccc65)ccc43)c(-c3cc(-n4c5ccc(-n6c7ccccc7c7ccccc76)cc5c5cc(-n6c7ccccc7c7ccccc76)ccc54)ccc3-c3nc(-c4ccccc4)nc(-c4ccccc4)n3)c2)cc1. The second-order valence-electron chi connectivity index (χ2n) is 30.1. The molecule has 0 unspecified atom stereocenters. The summed E-state index contributed by atoms with van der Waals surface area (Å²) in [6.07, 6.45) is 0. The van der Waals surface area contributed by atoms with E-state index in [0.29, 0.717) is 23.0 Å². The third kappa shape index (κ3) is 9.86. The van der Waals surface area contributed by atoms with E-state index >= 15 is 0 Å². The third-order valence-electron chi connectivity index (χ3n) is 23.9. The zero-order valence-electron chi connectivity index (χ0n) is 62.4. The van der Waals surface area contributed by atoms with Gasteiger partial charge in [-0.15, -0.1) is 0 Å². The Hall–Kier alpha value is -16.0. The van der Waals surface area contributed by atoms with Crippen LogP contribution >= 0.6 is 0 Å². The molecule has 0 fully saturated rings. The van der Waals surface area contributed by atoms with E-state index in [1.807, 2.05) is 48.5 Å². The summed E-state index contributed by atoms with van der Waals surface area (Å²) in [5, 5.41) is 24.2. The molecule has 0 N–H and O–H groups in total. The van der Waals surface area contributed by atoms with E-state index in [1.165, 1.54) is 43.1 Å². The molecule has 24 aromatic rings. The van der Waals surface area contributed by atoms with Gasteiger partial charge in [0.2, 0.25) is 0 Å². The normalized spacial score (nSPS) is 12.0. The smallest absolute Gasteiger partial charge is 0.164 e. The highest BCUT2D eigenvalue weighted by Crippen LogP contribution is 2.48. The van der Waals surface area contributed by atoms with Crippen molar-refractivity contribution >= 4 is 131 Å². The number of nitrogens with zero attached hydrogens (tertiary/aromatic N) is 10. The number of aromatic nitrogens is 9. The quantitative estimate of drug-likeness (QED) is 0.129. The van der Waals surface area contributed by atoms with Gasteiger partial charge in [-0.1, -0.05) is 224 Å². The van der Waals surface area contributed by atoms with Crippen LogP contribution in [0.15, 0.2) is 388 Å². The van der Waals surface area contributed by atoms with Crippen molar-refractivity contribution in [1.29, 1.82) is 5.26 Å². The Bertz CT molecular complexity index is 7670. The van der Waals surface area contributed by atoms with E-state index in [-0.39, 0.29) is 0 Å². The highest BCUT2D eigenvalue weighted by atomic mass is 15.1. The zero-order chi connectivity index (χ0) is 76.2. The lowest BCUT2D eigenvalue weighted by atomic mass is 9.92. The number of hydrogen-bond acceptors (Lipinski definition) is 4. The van der Waals surface area contributed by atoms with Gasteiger partial charge in [0.15, 0.2) is 17.5 Å². The minimum atomic E-state index is 0.511. The van der Waals surface area contributed by atoms with Gasteiger partial charge in [-0.05, 0) is 180 Å². The van der Waals surface area contributed by atoms with Crippen molar-refractivity contribution in [3.63, 3.8) is 0 Å². The van der Waals surface area contributed by atoms with Crippen LogP contribution in [0, 0.1) is 11.3 Å². The second-order valence-corrected chi connectivity index (χ2v) is 30.1. The van der Waals surface area contributed by atoms with Gasteiger partial charge >= 0.3 is 0 Å². The number of para-hydroxylation sites is 8. The fraction of sp³-hybridized carbons (Fsp3) is 0. The predicted molar refractivity (Wildman–Crippen MR) is 478 cm³/mol. The third-order valence-corrected chi connectivity index (χ3v) is 23.9. The molecule has 116 heavy (non-hydrogen) atoms. The molecule has 0 aliphatic rings. The van der Waals surface area contributed by atoms with Crippen molar-refractivity contribution < 1.29 is 0 Å². The molecule has 17 aromatic carbocycles. The molecular weight excluding hydrogens is 1410 g/mol.